The number of hydrogen-bond acceptors (Lipinski definition) is 4. The van der Waals surface area contributed by atoms with Gasteiger partial charge in [0.2, 0.25) is 0 Å². The van der Waals surface area contributed by atoms with Gasteiger partial charge < -0.3 is 15.2 Å². The third-order valence-electron chi connectivity index (χ3n) is 6.41. The predicted molar refractivity (Wildman–Crippen MR) is 138 cm³/mol. The van der Waals surface area contributed by atoms with E-state index < -0.39 is 18.0 Å². The molecule has 1 aliphatic rings. The van der Waals surface area contributed by atoms with Crippen molar-refractivity contribution in [1.29, 1.82) is 0 Å². The fourth-order valence-corrected chi connectivity index (χ4v) is 4.26. The number of carboxylic acids is 1. The standard InChI is InChI=1S/C29H36N2O5/c1-20-25(27(34)36-19-21-11-7-5-8-12-21)26(22-14-16-23(17-15-22)29(2,3)4)30-28(35)31(20)18-10-6-9-13-24(32)33/h5,7-8,11-12,14-17,26H,6,9-10,13,18-19H2,1-4H3,(H,30,35)(H,32,33). The monoisotopic (exact) mass is 492 g/mol. The number of nitrogens with zero attached hydrogens (tertiary/aromatic N) is 1. The highest BCUT2D eigenvalue weighted by atomic mass is 16.5. The van der Waals surface area contributed by atoms with Crippen molar-refractivity contribution < 1.29 is 24.2 Å². The summed E-state index contributed by atoms with van der Waals surface area (Å²) in [4.78, 5) is 38.8. The molecular weight excluding hydrogens is 456 g/mol. The zero-order valence-corrected chi connectivity index (χ0v) is 21.5. The molecule has 0 saturated heterocycles. The van der Waals surface area contributed by atoms with Gasteiger partial charge in [-0.2, -0.15) is 0 Å². The van der Waals surface area contributed by atoms with Gasteiger partial charge in [-0.05, 0) is 41.9 Å². The summed E-state index contributed by atoms with van der Waals surface area (Å²) in [6, 6.07) is 16.5. The van der Waals surface area contributed by atoms with Crippen molar-refractivity contribution in [2.24, 2.45) is 0 Å². The number of unbranched alkanes of at least 4 members (excludes halogenated alkanes) is 2. The number of amides is 2. The zero-order chi connectivity index (χ0) is 26.3. The number of urea groups is 1. The number of carbonyl (C=O) groups is 3. The number of nitrogens with one attached hydrogen (secondary N) is 1. The molecule has 2 aromatic carbocycles. The number of hydrogen-bond donors (Lipinski definition) is 2. The second kappa shape index (κ2) is 11.9. The Hall–Kier alpha value is -3.61. The topological polar surface area (TPSA) is 95.9 Å². The summed E-state index contributed by atoms with van der Waals surface area (Å²) in [5, 5.41) is 11.8. The molecule has 192 valence electrons. The van der Waals surface area contributed by atoms with Crippen molar-refractivity contribution in [3.63, 3.8) is 0 Å². The fourth-order valence-electron chi connectivity index (χ4n) is 4.26. The van der Waals surface area contributed by atoms with Gasteiger partial charge in [0, 0.05) is 18.7 Å². The third kappa shape index (κ3) is 6.97. The Labute approximate surface area is 213 Å². The average molecular weight is 493 g/mol. The molecule has 1 atom stereocenters. The van der Waals surface area contributed by atoms with Crippen LogP contribution in [0.4, 0.5) is 4.79 Å². The number of carbonyl (C=O) groups excluding carboxylic acids is 2. The second-order valence-electron chi connectivity index (χ2n) is 10.2. The summed E-state index contributed by atoms with van der Waals surface area (Å²) in [5.74, 6) is -1.30. The van der Waals surface area contributed by atoms with Crippen LogP contribution >= 0.6 is 0 Å². The first kappa shape index (κ1) is 27.0. The largest absolute Gasteiger partial charge is 0.481 e. The number of rotatable bonds is 10. The highest BCUT2D eigenvalue weighted by molar-refractivity contribution is 5.95. The van der Waals surface area contributed by atoms with Crippen LogP contribution in [-0.2, 0) is 26.3 Å². The fraction of sp³-hybridized carbons (Fsp3) is 0.414. The summed E-state index contributed by atoms with van der Waals surface area (Å²) in [7, 11) is 0. The molecule has 0 aliphatic carbocycles. The van der Waals surface area contributed by atoms with Crippen LogP contribution in [0, 0.1) is 0 Å². The third-order valence-corrected chi connectivity index (χ3v) is 6.41. The number of carboxylic acid groups (broad SMARTS) is 1. The normalized spacial score (nSPS) is 16.1. The Balaban J connectivity index is 1.86. The minimum absolute atomic E-state index is 0.0189. The van der Waals surface area contributed by atoms with Gasteiger partial charge in [0.15, 0.2) is 0 Å². The van der Waals surface area contributed by atoms with Crippen LogP contribution in [-0.4, -0.2) is 34.5 Å². The van der Waals surface area contributed by atoms with Gasteiger partial charge in [-0.15, -0.1) is 0 Å². The number of esters is 1. The SMILES string of the molecule is CC1=C(C(=O)OCc2ccccc2)C(c2ccc(C(C)(C)C)cc2)NC(=O)N1CCCCCC(=O)O. The molecule has 2 aromatic rings. The van der Waals surface area contributed by atoms with Gasteiger partial charge in [0.05, 0.1) is 11.6 Å². The van der Waals surface area contributed by atoms with Gasteiger partial charge in [0.1, 0.15) is 6.61 Å². The van der Waals surface area contributed by atoms with Crippen LogP contribution in [0.1, 0.15) is 76.1 Å². The summed E-state index contributed by atoms with van der Waals surface area (Å²) in [6.07, 6.45) is 1.96. The van der Waals surface area contributed by atoms with Crippen molar-refractivity contribution in [2.45, 2.75) is 71.4 Å². The summed E-state index contributed by atoms with van der Waals surface area (Å²) in [5.41, 5.74) is 3.79. The molecule has 0 bridgehead atoms. The molecule has 7 heteroatoms. The van der Waals surface area contributed by atoms with E-state index in [1.807, 2.05) is 54.6 Å². The van der Waals surface area contributed by atoms with Crippen LogP contribution in [0.15, 0.2) is 65.9 Å². The smallest absolute Gasteiger partial charge is 0.338 e. The van der Waals surface area contributed by atoms with E-state index in [1.54, 1.807) is 11.8 Å². The summed E-state index contributed by atoms with van der Waals surface area (Å²) < 4.78 is 5.68. The lowest BCUT2D eigenvalue weighted by Gasteiger charge is -2.35. The van der Waals surface area contributed by atoms with Crippen molar-refractivity contribution in [1.82, 2.24) is 10.2 Å². The van der Waals surface area contributed by atoms with Crippen LogP contribution < -0.4 is 5.32 Å². The molecule has 0 fully saturated rings. The molecule has 0 radical (unpaired) electrons. The number of ether oxygens (including phenoxy) is 1. The minimum atomic E-state index is -0.828. The average Bonchev–Trinajstić information content (AvgIpc) is 2.83. The molecule has 1 unspecified atom stereocenters. The van der Waals surface area contributed by atoms with E-state index in [1.165, 1.54) is 0 Å². The van der Waals surface area contributed by atoms with Crippen LogP contribution in [0.2, 0.25) is 0 Å². The number of aliphatic carboxylic acids is 1. The van der Waals surface area contributed by atoms with Crippen molar-refractivity contribution in [3.05, 3.63) is 82.6 Å². The Morgan fingerprint density at radius 1 is 1.00 bits per heavy atom. The molecule has 1 aliphatic heterocycles. The lowest BCUT2D eigenvalue weighted by Crippen LogP contribution is -2.48. The van der Waals surface area contributed by atoms with Crippen LogP contribution in [0.25, 0.3) is 0 Å². The Morgan fingerprint density at radius 2 is 1.67 bits per heavy atom. The van der Waals surface area contributed by atoms with Gasteiger partial charge >= 0.3 is 18.0 Å². The van der Waals surface area contributed by atoms with Gasteiger partial charge in [-0.3, -0.25) is 9.69 Å². The van der Waals surface area contributed by atoms with E-state index >= 15 is 0 Å². The Bertz CT molecular complexity index is 1100. The Kier molecular flexibility index (Phi) is 8.91. The van der Waals surface area contributed by atoms with E-state index in [4.69, 9.17) is 9.84 Å². The zero-order valence-electron chi connectivity index (χ0n) is 21.5. The van der Waals surface area contributed by atoms with E-state index in [9.17, 15) is 14.4 Å². The summed E-state index contributed by atoms with van der Waals surface area (Å²) >= 11 is 0. The van der Waals surface area contributed by atoms with Crippen molar-refractivity contribution >= 4 is 18.0 Å². The molecule has 1 heterocycles. The first-order valence-electron chi connectivity index (χ1n) is 12.4. The lowest BCUT2D eigenvalue weighted by molar-refractivity contribution is -0.141. The second-order valence-corrected chi connectivity index (χ2v) is 10.2. The van der Waals surface area contributed by atoms with Crippen molar-refractivity contribution in [2.75, 3.05) is 6.54 Å². The first-order valence-corrected chi connectivity index (χ1v) is 12.4. The summed E-state index contributed by atoms with van der Waals surface area (Å²) in [6.45, 7) is 8.70. The number of benzene rings is 2. The van der Waals surface area contributed by atoms with E-state index in [0.717, 1.165) is 16.7 Å². The van der Waals surface area contributed by atoms with E-state index in [0.29, 0.717) is 37.1 Å². The highest BCUT2D eigenvalue weighted by Gasteiger charge is 2.36. The molecule has 7 nitrogen and oxygen atoms in total. The van der Waals surface area contributed by atoms with Crippen molar-refractivity contribution in [3.8, 4) is 0 Å². The quantitative estimate of drug-likeness (QED) is 0.327. The van der Waals surface area contributed by atoms with Gasteiger partial charge in [-0.25, -0.2) is 9.59 Å². The maximum absolute atomic E-state index is 13.4. The lowest BCUT2D eigenvalue weighted by atomic mass is 9.85. The predicted octanol–water partition coefficient (Wildman–Crippen LogP) is 5.71. The first-order chi connectivity index (χ1) is 17.1. The highest BCUT2D eigenvalue weighted by Crippen LogP contribution is 2.33. The molecule has 0 spiro atoms. The molecular formula is C29H36N2O5. The number of allylic oxidation sites excluding steroid dienone is 1. The Morgan fingerprint density at radius 3 is 2.28 bits per heavy atom. The van der Waals surface area contributed by atoms with Gasteiger partial charge in [0.25, 0.3) is 0 Å². The maximum Gasteiger partial charge on any atom is 0.338 e. The molecule has 3 rings (SSSR count). The maximum atomic E-state index is 13.4. The minimum Gasteiger partial charge on any atom is -0.481 e. The molecule has 2 N–H and O–H groups in total. The molecule has 0 saturated carbocycles. The van der Waals surface area contributed by atoms with Crippen LogP contribution in [0.5, 0.6) is 0 Å². The van der Waals surface area contributed by atoms with E-state index in [-0.39, 0.29) is 24.5 Å². The van der Waals surface area contributed by atoms with Gasteiger partial charge in [-0.1, -0.05) is 81.8 Å². The molecule has 2 amide bonds. The molecule has 0 aromatic heterocycles. The van der Waals surface area contributed by atoms with Crippen LogP contribution in [0.3, 0.4) is 0 Å². The molecule has 36 heavy (non-hydrogen) atoms. The van der Waals surface area contributed by atoms with E-state index in [2.05, 4.69) is 26.1 Å².